The number of hydrogen-bond acceptors (Lipinski definition) is 6. The summed E-state index contributed by atoms with van der Waals surface area (Å²) in [6.07, 6.45) is 1.71. The van der Waals surface area contributed by atoms with Crippen LogP contribution in [0.25, 0.3) is 10.2 Å². The van der Waals surface area contributed by atoms with Crippen molar-refractivity contribution in [3.8, 4) is 11.5 Å². The van der Waals surface area contributed by atoms with Gasteiger partial charge < -0.3 is 9.47 Å². The van der Waals surface area contributed by atoms with E-state index in [1.807, 2.05) is 43.3 Å². The van der Waals surface area contributed by atoms with Crippen molar-refractivity contribution < 1.29 is 14.3 Å². The molecule has 4 rings (SSSR count). The number of amides is 1. The summed E-state index contributed by atoms with van der Waals surface area (Å²) in [6, 6.07) is 16.9. The van der Waals surface area contributed by atoms with Crippen LogP contribution in [-0.4, -0.2) is 30.1 Å². The first-order valence-electron chi connectivity index (χ1n) is 9.41. The van der Waals surface area contributed by atoms with E-state index in [2.05, 4.69) is 4.98 Å². The maximum atomic E-state index is 13.7. The lowest BCUT2D eigenvalue weighted by atomic mass is 10.1. The average molecular weight is 420 g/mol. The Hall–Kier alpha value is -3.45. The highest BCUT2D eigenvalue weighted by molar-refractivity contribution is 7.22. The van der Waals surface area contributed by atoms with Crippen molar-refractivity contribution in [2.45, 2.75) is 13.5 Å². The summed E-state index contributed by atoms with van der Waals surface area (Å²) in [7, 11) is 3.08. The number of fused-ring (bicyclic) bond motifs is 1. The van der Waals surface area contributed by atoms with Gasteiger partial charge in [-0.05, 0) is 42.8 Å². The van der Waals surface area contributed by atoms with Gasteiger partial charge in [0.05, 0.1) is 42.2 Å². The van der Waals surface area contributed by atoms with Gasteiger partial charge in [-0.2, -0.15) is 0 Å². The van der Waals surface area contributed by atoms with Gasteiger partial charge in [-0.1, -0.05) is 35.6 Å². The van der Waals surface area contributed by atoms with Gasteiger partial charge in [0, 0.05) is 6.20 Å². The third kappa shape index (κ3) is 3.71. The molecule has 0 radical (unpaired) electrons. The number of pyridine rings is 1. The molecule has 0 fully saturated rings. The summed E-state index contributed by atoms with van der Waals surface area (Å²) in [5.41, 5.74) is 3.14. The van der Waals surface area contributed by atoms with Crippen LogP contribution in [0.5, 0.6) is 11.5 Å². The zero-order valence-corrected chi connectivity index (χ0v) is 17.8. The standard InChI is InChI=1S/C23H21N3O3S/c1-15-8-6-12-19-20(15)25-23(30-19)26(14-16-9-4-5-13-24-16)22(27)17-10-7-11-18(28-2)21(17)29-3/h4-13H,14H2,1-3H3. The topological polar surface area (TPSA) is 64.5 Å². The molecule has 0 N–H and O–H groups in total. The lowest BCUT2D eigenvalue weighted by Crippen LogP contribution is -2.31. The smallest absolute Gasteiger partial charge is 0.264 e. The highest BCUT2D eigenvalue weighted by atomic mass is 32.1. The fraction of sp³-hybridized carbons (Fsp3) is 0.174. The van der Waals surface area contributed by atoms with Crippen molar-refractivity contribution in [1.29, 1.82) is 0 Å². The van der Waals surface area contributed by atoms with Gasteiger partial charge in [0.1, 0.15) is 0 Å². The zero-order valence-electron chi connectivity index (χ0n) is 17.0. The third-order valence-electron chi connectivity index (χ3n) is 4.77. The number of methoxy groups -OCH3 is 2. The summed E-state index contributed by atoms with van der Waals surface area (Å²) < 4.78 is 11.9. The summed E-state index contributed by atoms with van der Waals surface area (Å²) in [6.45, 7) is 2.31. The second-order valence-corrected chi connectivity index (χ2v) is 7.68. The predicted molar refractivity (Wildman–Crippen MR) is 119 cm³/mol. The first kappa shape index (κ1) is 19.8. The number of hydrogen-bond donors (Lipinski definition) is 0. The number of thiazole rings is 1. The molecular weight excluding hydrogens is 398 g/mol. The van der Waals surface area contributed by atoms with Crippen molar-refractivity contribution in [1.82, 2.24) is 9.97 Å². The number of aromatic nitrogens is 2. The van der Waals surface area contributed by atoms with Gasteiger partial charge in [0.15, 0.2) is 16.6 Å². The van der Waals surface area contributed by atoms with E-state index in [-0.39, 0.29) is 5.91 Å². The van der Waals surface area contributed by atoms with E-state index in [1.54, 1.807) is 36.4 Å². The molecule has 7 heteroatoms. The summed E-state index contributed by atoms with van der Waals surface area (Å²) in [5.74, 6) is 0.669. The minimum absolute atomic E-state index is 0.229. The van der Waals surface area contributed by atoms with Crippen LogP contribution < -0.4 is 14.4 Å². The van der Waals surface area contributed by atoms with E-state index in [0.717, 1.165) is 21.5 Å². The molecule has 0 bridgehead atoms. The van der Waals surface area contributed by atoms with Gasteiger partial charge >= 0.3 is 0 Å². The molecule has 0 saturated heterocycles. The first-order chi connectivity index (χ1) is 14.6. The molecule has 0 aliphatic carbocycles. The number of anilines is 1. The Morgan fingerprint density at radius 3 is 2.57 bits per heavy atom. The van der Waals surface area contributed by atoms with E-state index in [9.17, 15) is 4.79 Å². The number of para-hydroxylation sites is 2. The molecule has 4 aromatic rings. The van der Waals surface area contributed by atoms with E-state index in [0.29, 0.717) is 28.7 Å². The van der Waals surface area contributed by atoms with Crippen LogP contribution in [0.1, 0.15) is 21.6 Å². The Morgan fingerprint density at radius 2 is 1.87 bits per heavy atom. The lowest BCUT2D eigenvalue weighted by molar-refractivity contribution is 0.0981. The Labute approximate surface area is 178 Å². The first-order valence-corrected chi connectivity index (χ1v) is 10.2. The minimum atomic E-state index is -0.229. The minimum Gasteiger partial charge on any atom is -0.493 e. The quantitative estimate of drug-likeness (QED) is 0.446. The normalized spacial score (nSPS) is 10.8. The van der Waals surface area contributed by atoms with Crippen LogP contribution in [0, 0.1) is 6.92 Å². The Bertz CT molecular complexity index is 1190. The fourth-order valence-electron chi connectivity index (χ4n) is 3.27. The van der Waals surface area contributed by atoms with Crippen LogP contribution in [0.3, 0.4) is 0 Å². The molecule has 2 heterocycles. The van der Waals surface area contributed by atoms with E-state index in [4.69, 9.17) is 14.5 Å². The third-order valence-corrected chi connectivity index (χ3v) is 5.81. The number of carbonyl (C=O) groups is 1. The molecule has 2 aromatic heterocycles. The molecule has 0 saturated carbocycles. The van der Waals surface area contributed by atoms with Gasteiger partial charge in [0.25, 0.3) is 5.91 Å². The Kier molecular flexibility index (Phi) is 5.63. The Balaban J connectivity index is 1.83. The van der Waals surface area contributed by atoms with Crippen molar-refractivity contribution in [3.05, 3.63) is 77.6 Å². The molecule has 0 atom stereocenters. The van der Waals surface area contributed by atoms with Gasteiger partial charge in [-0.3, -0.25) is 14.7 Å². The highest BCUT2D eigenvalue weighted by Crippen LogP contribution is 2.35. The van der Waals surface area contributed by atoms with Crippen LogP contribution >= 0.6 is 11.3 Å². The van der Waals surface area contributed by atoms with E-state index >= 15 is 0 Å². The highest BCUT2D eigenvalue weighted by Gasteiger charge is 2.26. The number of ether oxygens (including phenoxy) is 2. The van der Waals surface area contributed by atoms with Crippen molar-refractivity contribution in [2.75, 3.05) is 19.1 Å². The molecule has 30 heavy (non-hydrogen) atoms. The van der Waals surface area contributed by atoms with Crippen LogP contribution in [0.2, 0.25) is 0 Å². The van der Waals surface area contributed by atoms with Crippen LogP contribution in [0.15, 0.2) is 60.8 Å². The van der Waals surface area contributed by atoms with Crippen molar-refractivity contribution in [2.24, 2.45) is 0 Å². The predicted octanol–water partition coefficient (Wildman–Crippen LogP) is 4.86. The zero-order chi connectivity index (χ0) is 21.1. The van der Waals surface area contributed by atoms with Crippen LogP contribution in [-0.2, 0) is 6.54 Å². The van der Waals surface area contributed by atoms with Gasteiger partial charge in [-0.15, -0.1) is 0 Å². The van der Waals surface area contributed by atoms with Gasteiger partial charge in [0.2, 0.25) is 0 Å². The van der Waals surface area contributed by atoms with Crippen molar-refractivity contribution >= 4 is 32.6 Å². The fourth-order valence-corrected chi connectivity index (χ4v) is 4.31. The molecule has 0 aliphatic heterocycles. The number of nitrogens with zero attached hydrogens (tertiary/aromatic N) is 3. The molecule has 1 amide bonds. The molecule has 0 unspecified atom stereocenters. The van der Waals surface area contributed by atoms with E-state index in [1.165, 1.54) is 18.4 Å². The lowest BCUT2D eigenvalue weighted by Gasteiger charge is -2.21. The summed E-state index contributed by atoms with van der Waals surface area (Å²) >= 11 is 1.48. The summed E-state index contributed by atoms with van der Waals surface area (Å²) in [4.78, 5) is 24.5. The molecule has 152 valence electrons. The molecule has 6 nitrogen and oxygen atoms in total. The van der Waals surface area contributed by atoms with E-state index < -0.39 is 0 Å². The largest absolute Gasteiger partial charge is 0.493 e. The monoisotopic (exact) mass is 419 g/mol. The SMILES string of the molecule is COc1cccc(C(=O)N(Cc2ccccn2)c2nc3c(C)cccc3s2)c1OC. The van der Waals surface area contributed by atoms with Crippen molar-refractivity contribution in [3.63, 3.8) is 0 Å². The second kappa shape index (κ2) is 8.51. The molecule has 2 aromatic carbocycles. The molecular formula is C23H21N3O3S. The number of benzene rings is 2. The van der Waals surface area contributed by atoms with Crippen LogP contribution in [0.4, 0.5) is 5.13 Å². The Morgan fingerprint density at radius 1 is 1.03 bits per heavy atom. The average Bonchev–Trinajstić information content (AvgIpc) is 3.22. The molecule has 0 aliphatic rings. The van der Waals surface area contributed by atoms with Gasteiger partial charge in [-0.25, -0.2) is 4.98 Å². The number of rotatable bonds is 6. The second-order valence-electron chi connectivity index (χ2n) is 6.67. The number of carbonyl (C=O) groups excluding carboxylic acids is 1. The molecule has 0 spiro atoms. The maximum absolute atomic E-state index is 13.7. The number of aryl methyl sites for hydroxylation is 1. The maximum Gasteiger partial charge on any atom is 0.264 e. The summed E-state index contributed by atoms with van der Waals surface area (Å²) in [5, 5.41) is 0.611.